The van der Waals surface area contributed by atoms with E-state index in [0.29, 0.717) is 6.61 Å². The average molecular weight is 261 g/mol. The third kappa shape index (κ3) is 2.70. The Morgan fingerprint density at radius 1 is 1.32 bits per heavy atom. The summed E-state index contributed by atoms with van der Waals surface area (Å²) in [4.78, 5) is 14.9. The van der Waals surface area contributed by atoms with Gasteiger partial charge in [-0.05, 0) is 36.1 Å². The van der Waals surface area contributed by atoms with E-state index in [9.17, 15) is 4.79 Å². The Balaban J connectivity index is 2.49. The molecule has 1 aliphatic carbocycles. The maximum absolute atomic E-state index is 10.8. The minimum Gasteiger partial charge on any atom is -0.497 e. The number of ether oxygens (including phenoxy) is 2. The molecule has 1 aromatic rings. The van der Waals surface area contributed by atoms with Crippen molar-refractivity contribution in [1.29, 1.82) is 0 Å². The van der Waals surface area contributed by atoms with E-state index < -0.39 is 5.54 Å². The maximum atomic E-state index is 10.8. The quantitative estimate of drug-likeness (QED) is 0.604. The summed E-state index contributed by atoms with van der Waals surface area (Å²) < 4.78 is 10.5. The van der Waals surface area contributed by atoms with Gasteiger partial charge in [-0.3, -0.25) is 0 Å². The Bertz CT molecular complexity index is 486. The molecule has 0 atom stereocenters. The van der Waals surface area contributed by atoms with Gasteiger partial charge in [0, 0.05) is 7.11 Å². The molecule has 4 heteroatoms. The number of carbonyl (C=O) groups excluding carboxylic acids is 1. The van der Waals surface area contributed by atoms with Crippen molar-refractivity contribution in [2.75, 3.05) is 14.2 Å². The molecule has 0 spiro atoms. The molecular formula is C15H19NO3. The predicted octanol–water partition coefficient (Wildman–Crippen LogP) is 2.95. The first-order chi connectivity index (χ1) is 9.25. The fraction of sp³-hybridized carbons (Fsp3) is 0.533. The summed E-state index contributed by atoms with van der Waals surface area (Å²) in [6.07, 6.45) is 5.71. The molecule has 1 saturated carbocycles. The third-order valence-corrected chi connectivity index (χ3v) is 3.80. The van der Waals surface area contributed by atoms with Gasteiger partial charge in [-0.1, -0.05) is 18.9 Å². The van der Waals surface area contributed by atoms with Gasteiger partial charge in [0.15, 0.2) is 0 Å². The zero-order valence-electron chi connectivity index (χ0n) is 11.4. The zero-order valence-corrected chi connectivity index (χ0v) is 11.4. The zero-order chi connectivity index (χ0) is 13.7. The second-order valence-electron chi connectivity index (χ2n) is 4.90. The second-order valence-corrected chi connectivity index (χ2v) is 4.90. The van der Waals surface area contributed by atoms with Crippen molar-refractivity contribution in [3.8, 4) is 5.75 Å². The molecule has 1 aromatic carbocycles. The fourth-order valence-electron chi connectivity index (χ4n) is 2.91. The molecule has 102 valence electrons. The lowest BCUT2D eigenvalue weighted by Gasteiger charge is -2.26. The van der Waals surface area contributed by atoms with E-state index in [-0.39, 0.29) is 0 Å². The first-order valence-electron chi connectivity index (χ1n) is 6.51. The third-order valence-electron chi connectivity index (χ3n) is 3.80. The van der Waals surface area contributed by atoms with Crippen LogP contribution in [-0.4, -0.2) is 20.3 Å². The lowest BCUT2D eigenvalue weighted by Crippen LogP contribution is -2.21. The van der Waals surface area contributed by atoms with Crippen molar-refractivity contribution >= 4 is 6.08 Å². The van der Waals surface area contributed by atoms with Crippen molar-refractivity contribution in [3.63, 3.8) is 0 Å². The molecule has 19 heavy (non-hydrogen) atoms. The summed E-state index contributed by atoms with van der Waals surface area (Å²) in [5, 5.41) is 0. The summed E-state index contributed by atoms with van der Waals surface area (Å²) in [6.45, 7) is 0.489. The molecule has 0 aromatic heterocycles. The van der Waals surface area contributed by atoms with E-state index in [1.807, 2.05) is 18.2 Å². The Kier molecular flexibility index (Phi) is 4.35. The van der Waals surface area contributed by atoms with E-state index in [1.54, 1.807) is 20.3 Å². The molecule has 2 rings (SSSR count). The second kappa shape index (κ2) is 6.00. The van der Waals surface area contributed by atoms with Crippen LogP contribution in [0.1, 0.15) is 36.8 Å². The van der Waals surface area contributed by atoms with Crippen molar-refractivity contribution in [2.24, 2.45) is 4.99 Å². The Hall–Kier alpha value is -1.64. The van der Waals surface area contributed by atoms with E-state index in [2.05, 4.69) is 4.99 Å². The van der Waals surface area contributed by atoms with Crippen LogP contribution >= 0.6 is 0 Å². The van der Waals surface area contributed by atoms with E-state index >= 15 is 0 Å². The lowest BCUT2D eigenvalue weighted by molar-refractivity contribution is 0.182. The van der Waals surface area contributed by atoms with E-state index in [4.69, 9.17) is 9.47 Å². The number of hydrogen-bond acceptors (Lipinski definition) is 4. The van der Waals surface area contributed by atoms with Crippen LogP contribution in [0.4, 0.5) is 0 Å². The highest BCUT2D eigenvalue weighted by molar-refractivity contribution is 5.44. The van der Waals surface area contributed by atoms with Crippen LogP contribution in [-0.2, 0) is 21.7 Å². The summed E-state index contributed by atoms with van der Waals surface area (Å²) in [5.41, 5.74) is 1.68. The van der Waals surface area contributed by atoms with E-state index in [1.165, 1.54) is 0 Å². The van der Waals surface area contributed by atoms with Gasteiger partial charge in [-0.15, -0.1) is 0 Å². The van der Waals surface area contributed by atoms with Crippen LogP contribution in [0.2, 0.25) is 0 Å². The van der Waals surface area contributed by atoms with Crippen molar-refractivity contribution < 1.29 is 14.3 Å². The van der Waals surface area contributed by atoms with Crippen molar-refractivity contribution in [1.82, 2.24) is 0 Å². The lowest BCUT2D eigenvalue weighted by atomic mass is 9.85. The summed E-state index contributed by atoms with van der Waals surface area (Å²) in [6, 6.07) is 5.87. The molecular weight excluding hydrogens is 242 g/mol. The van der Waals surface area contributed by atoms with Crippen molar-refractivity contribution in [3.05, 3.63) is 29.3 Å². The average Bonchev–Trinajstić information content (AvgIpc) is 2.89. The van der Waals surface area contributed by atoms with Crippen LogP contribution in [0.3, 0.4) is 0 Å². The molecule has 1 fully saturated rings. The normalized spacial score (nSPS) is 16.9. The molecule has 0 bridgehead atoms. The molecule has 1 aliphatic rings. The highest BCUT2D eigenvalue weighted by atomic mass is 16.5. The van der Waals surface area contributed by atoms with Crippen LogP contribution in [0, 0.1) is 0 Å². The van der Waals surface area contributed by atoms with Gasteiger partial charge in [-0.25, -0.2) is 4.79 Å². The first kappa shape index (κ1) is 13.8. The van der Waals surface area contributed by atoms with Gasteiger partial charge in [-0.2, -0.15) is 4.99 Å². The minimum absolute atomic E-state index is 0.415. The number of isocyanates is 1. The van der Waals surface area contributed by atoms with Crippen LogP contribution in [0.25, 0.3) is 0 Å². The molecule has 0 aliphatic heterocycles. The van der Waals surface area contributed by atoms with Gasteiger partial charge in [0.05, 0.1) is 19.3 Å². The van der Waals surface area contributed by atoms with Crippen LogP contribution in [0.15, 0.2) is 23.2 Å². The maximum Gasteiger partial charge on any atom is 0.235 e. The predicted molar refractivity (Wildman–Crippen MR) is 72.0 cm³/mol. The molecule has 0 saturated heterocycles. The van der Waals surface area contributed by atoms with Gasteiger partial charge >= 0.3 is 0 Å². The smallest absolute Gasteiger partial charge is 0.235 e. The molecule has 0 unspecified atom stereocenters. The topological polar surface area (TPSA) is 47.9 Å². The van der Waals surface area contributed by atoms with Crippen molar-refractivity contribution in [2.45, 2.75) is 37.8 Å². The fourth-order valence-corrected chi connectivity index (χ4v) is 2.91. The van der Waals surface area contributed by atoms with Gasteiger partial charge in [0.25, 0.3) is 0 Å². The first-order valence-corrected chi connectivity index (χ1v) is 6.51. The number of aliphatic imine (C=N–C) groups is 1. The number of hydrogen-bond donors (Lipinski definition) is 0. The standard InChI is InChI=1S/C15H19NO3/c1-18-10-12-9-13(19-2)5-6-14(12)15(16-11-17)7-3-4-8-15/h5-6,9H,3-4,7-8,10H2,1-2H3. The van der Waals surface area contributed by atoms with E-state index in [0.717, 1.165) is 42.6 Å². The van der Waals surface area contributed by atoms with Crippen LogP contribution < -0.4 is 4.74 Å². The summed E-state index contributed by atoms with van der Waals surface area (Å²) in [7, 11) is 3.30. The number of nitrogens with zero attached hydrogens (tertiary/aromatic N) is 1. The summed E-state index contributed by atoms with van der Waals surface area (Å²) >= 11 is 0. The highest BCUT2D eigenvalue weighted by Crippen LogP contribution is 2.44. The number of methoxy groups -OCH3 is 2. The SMILES string of the molecule is COCc1cc(OC)ccc1C1(N=C=O)CCCC1. The van der Waals surface area contributed by atoms with Gasteiger partial charge in [0.1, 0.15) is 5.75 Å². The largest absolute Gasteiger partial charge is 0.497 e. The molecule has 0 amide bonds. The van der Waals surface area contributed by atoms with Gasteiger partial charge in [0.2, 0.25) is 6.08 Å². The minimum atomic E-state index is -0.415. The molecule has 4 nitrogen and oxygen atoms in total. The highest BCUT2D eigenvalue weighted by Gasteiger charge is 2.37. The molecule has 0 radical (unpaired) electrons. The van der Waals surface area contributed by atoms with Crippen LogP contribution in [0.5, 0.6) is 5.75 Å². The number of rotatable bonds is 5. The number of benzene rings is 1. The van der Waals surface area contributed by atoms with Gasteiger partial charge < -0.3 is 9.47 Å². The molecule has 0 heterocycles. The molecule has 0 N–H and O–H groups in total. The Morgan fingerprint density at radius 3 is 2.63 bits per heavy atom. The Labute approximate surface area is 113 Å². The Morgan fingerprint density at radius 2 is 2.05 bits per heavy atom. The monoisotopic (exact) mass is 261 g/mol. The summed E-state index contributed by atoms with van der Waals surface area (Å²) in [5.74, 6) is 0.791.